The molecule has 1 aliphatic rings. The Hall–Kier alpha value is -1.30. The number of aromatic hydroxyl groups is 1. The van der Waals surface area contributed by atoms with Gasteiger partial charge in [-0.1, -0.05) is 12.1 Å². The highest BCUT2D eigenvalue weighted by molar-refractivity contribution is 5.45. The van der Waals surface area contributed by atoms with Crippen LogP contribution in [0.25, 0.3) is 0 Å². The molecule has 0 atom stereocenters. The maximum Gasteiger partial charge on any atom is 0.162 e. The smallest absolute Gasteiger partial charge is 0.162 e. The Bertz CT molecular complexity index is 378. The number of hydrogen-bond donors (Lipinski definition) is 2. The third kappa shape index (κ3) is 3.35. The lowest BCUT2D eigenvalue weighted by Gasteiger charge is -2.27. The lowest BCUT2D eigenvalue weighted by molar-refractivity contribution is 0.0104. The van der Waals surface area contributed by atoms with Gasteiger partial charge in [-0.25, -0.2) is 5.01 Å². The van der Waals surface area contributed by atoms with Crippen molar-refractivity contribution in [2.45, 2.75) is 13.5 Å². The first kappa shape index (κ1) is 13.1. The van der Waals surface area contributed by atoms with Crippen molar-refractivity contribution in [3.63, 3.8) is 0 Å². The molecular weight excluding hydrogens is 232 g/mol. The summed E-state index contributed by atoms with van der Waals surface area (Å²) < 4.78 is 10.6. The molecule has 5 heteroatoms. The van der Waals surface area contributed by atoms with Crippen LogP contribution in [0.1, 0.15) is 12.5 Å². The highest BCUT2D eigenvalue weighted by Gasteiger charge is 2.12. The van der Waals surface area contributed by atoms with Gasteiger partial charge in [0.15, 0.2) is 11.5 Å². The average molecular weight is 252 g/mol. The molecule has 0 amide bonds. The van der Waals surface area contributed by atoms with Gasteiger partial charge >= 0.3 is 0 Å². The molecule has 0 unspecified atom stereocenters. The van der Waals surface area contributed by atoms with Crippen LogP contribution in [0.2, 0.25) is 0 Å². The molecule has 100 valence electrons. The summed E-state index contributed by atoms with van der Waals surface area (Å²) >= 11 is 0. The predicted molar refractivity (Wildman–Crippen MR) is 68.5 cm³/mol. The largest absolute Gasteiger partial charge is 0.504 e. The molecule has 1 aromatic carbocycles. The van der Waals surface area contributed by atoms with Crippen molar-refractivity contribution in [2.24, 2.45) is 0 Å². The number of phenolic OH excluding ortho intramolecular Hbond substituents is 1. The van der Waals surface area contributed by atoms with E-state index >= 15 is 0 Å². The number of morpholine rings is 1. The topological polar surface area (TPSA) is 54.0 Å². The molecule has 2 N–H and O–H groups in total. The van der Waals surface area contributed by atoms with Gasteiger partial charge in [-0.2, -0.15) is 0 Å². The first-order chi connectivity index (χ1) is 8.81. The van der Waals surface area contributed by atoms with E-state index in [0.717, 1.165) is 31.9 Å². The van der Waals surface area contributed by atoms with E-state index in [9.17, 15) is 5.11 Å². The molecular formula is C13H20N2O3. The SMILES string of the molecule is CCOc1cccc(CNN2CCOCC2)c1O. The number of ether oxygens (including phenoxy) is 2. The second-order valence-corrected chi connectivity index (χ2v) is 4.13. The molecule has 2 rings (SSSR count). The maximum atomic E-state index is 10.0. The van der Waals surface area contributed by atoms with E-state index < -0.39 is 0 Å². The van der Waals surface area contributed by atoms with Crippen molar-refractivity contribution in [3.05, 3.63) is 23.8 Å². The van der Waals surface area contributed by atoms with E-state index in [1.165, 1.54) is 0 Å². The second kappa shape index (κ2) is 6.58. The zero-order valence-corrected chi connectivity index (χ0v) is 10.7. The molecule has 0 aromatic heterocycles. The number of para-hydroxylation sites is 1. The van der Waals surface area contributed by atoms with E-state index in [1.807, 2.05) is 19.1 Å². The Kier molecular flexibility index (Phi) is 4.81. The molecule has 0 radical (unpaired) electrons. The summed E-state index contributed by atoms with van der Waals surface area (Å²) in [5.74, 6) is 0.763. The molecule has 18 heavy (non-hydrogen) atoms. The number of phenols is 1. The van der Waals surface area contributed by atoms with Crippen LogP contribution < -0.4 is 10.2 Å². The number of hydrogen-bond acceptors (Lipinski definition) is 5. The molecule has 0 aliphatic carbocycles. The van der Waals surface area contributed by atoms with Gasteiger partial charge in [-0.15, -0.1) is 0 Å². The van der Waals surface area contributed by atoms with Gasteiger partial charge in [-0.05, 0) is 13.0 Å². The van der Waals surface area contributed by atoms with Crippen LogP contribution in [0.3, 0.4) is 0 Å². The quantitative estimate of drug-likeness (QED) is 0.822. The van der Waals surface area contributed by atoms with Gasteiger partial charge < -0.3 is 14.6 Å². The summed E-state index contributed by atoms with van der Waals surface area (Å²) in [7, 11) is 0. The minimum atomic E-state index is 0.222. The Balaban J connectivity index is 1.93. The van der Waals surface area contributed by atoms with Gasteiger partial charge in [0, 0.05) is 25.2 Å². The number of nitrogens with one attached hydrogen (secondary N) is 1. The van der Waals surface area contributed by atoms with Crippen LogP contribution in [-0.2, 0) is 11.3 Å². The summed E-state index contributed by atoms with van der Waals surface area (Å²) in [4.78, 5) is 0. The molecule has 0 bridgehead atoms. The van der Waals surface area contributed by atoms with Crippen LogP contribution in [0.5, 0.6) is 11.5 Å². The third-order valence-electron chi connectivity index (χ3n) is 2.89. The molecule has 1 heterocycles. The fourth-order valence-electron chi connectivity index (χ4n) is 1.90. The van der Waals surface area contributed by atoms with Gasteiger partial charge in [0.1, 0.15) is 0 Å². The fraction of sp³-hybridized carbons (Fsp3) is 0.538. The molecule has 5 nitrogen and oxygen atoms in total. The Morgan fingerprint density at radius 3 is 2.89 bits per heavy atom. The molecule has 0 saturated carbocycles. The van der Waals surface area contributed by atoms with Crippen molar-refractivity contribution in [1.29, 1.82) is 0 Å². The summed E-state index contributed by atoms with van der Waals surface area (Å²) in [5.41, 5.74) is 4.13. The van der Waals surface area contributed by atoms with Gasteiger partial charge in [0.05, 0.1) is 19.8 Å². The summed E-state index contributed by atoms with van der Waals surface area (Å²) in [6.07, 6.45) is 0. The predicted octanol–water partition coefficient (Wildman–Crippen LogP) is 1.13. The first-order valence-corrected chi connectivity index (χ1v) is 6.31. The van der Waals surface area contributed by atoms with Crippen molar-refractivity contribution < 1.29 is 14.6 Å². The minimum absolute atomic E-state index is 0.222. The molecule has 1 aliphatic heterocycles. The third-order valence-corrected chi connectivity index (χ3v) is 2.89. The van der Waals surface area contributed by atoms with E-state index in [1.54, 1.807) is 6.07 Å². The molecule has 1 fully saturated rings. The maximum absolute atomic E-state index is 10.0. The van der Waals surface area contributed by atoms with Gasteiger partial charge in [0.25, 0.3) is 0 Å². The van der Waals surface area contributed by atoms with Crippen molar-refractivity contribution >= 4 is 0 Å². The number of hydrazine groups is 1. The monoisotopic (exact) mass is 252 g/mol. The van der Waals surface area contributed by atoms with Crippen molar-refractivity contribution in [3.8, 4) is 11.5 Å². The van der Waals surface area contributed by atoms with Crippen LogP contribution in [0, 0.1) is 0 Å². The van der Waals surface area contributed by atoms with Crippen LogP contribution >= 0.6 is 0 Å². The highest BCUT2D eigenvalue weighted by atomic mass is 16.5. The first-order valence-electron chi connectivity index (χ1n) is 6.31. The van der Waals surface area contributed by atoms with Crippen LogP contribution in [-0.4, -0.2) is 43.0 Å². The molecule has 0 spiro atoms. The summed E-state index contributed by atoms with van der Waals surface area (Å²) in [6.45, 7) is 6.27. The number of benzene rings is 1. The zero-order chi connectivity index (χ0) is 12.8. The van der Waals surface area contributed by atoms with E-state index in [0.29, 0.717) is 18.9 Å². The molecule has 1 saturated heterocycles. The second-order valence-electron chi connectivity index (χ2n) is 4.13. The Morgan fingerprint density at radius 2 is 2.17 bits per heavy atom. The van der Waals surface area contributed by atoms with Crippen molar-refractivity contribution in [1.82, 2.24) is 10.4 Å². The lowest BCUT2D eigenvalue weighted by atomic mass is 10.2. The normalized spacial score (nSPS) is 16.7. The Labute approximate surface area is 107 Å². The van der Waals surface area contributed by atoms with E-state index in [2.05, 4.69) is 10.4 Å². The van der Waals surface area contributed by atoms with E-state index in [4.69, 9.17) is 9.47 Å². The zero-order valence-electron chi connectivity index (χ0n) is 10.7. The average Bonchev–Trinajstić information content (AvgIpc) is 2.41. The van der Waals surface area contributed by atoms with Gasteiger partial charge in [-0.3, -0.25) is 5.43 Å². The summed E-state index contributed by atoms with van der Waals surface area (Å²) in [5, 5.41) is 12.1. The van der Waals surface area contributed by atoms with Crippen LogP contribution in [0.4, 0.5) is 0 Å². The number of rotatable bonds is 5. The highest BCUT2D eigenvalue weighted by Crippen LogP contribution is 2.29. The number of nitrogens with zero attached hydrogens (tertiary/aromatic N) is 1. The minimum Gasteiger partial charge on any atom is -0.504 e. The van der Waals surface area contributed by atoms with E-state index in [-0.39, 0.29) is 5.75 Å². The molecule has 1 aromatic rings. The lowest BCUT2D eigenvalue weighted by Crippen LogP contribution is -2.45. The fourth-order valence-corrected chi connectivity index (χ4v) is 1.90. The van der Waals surface area contributed by atoms with Crippen molar-refractivity contribution in [2.75, 3.05) is 32.9 Å². The Morgan fingerprint density at radius 1 is 1.39 bits per heavy atom. The summed E-state index contributed by atoms with van der Waals surface area (Å²) in [6, 6.07) is 5.56. The van der Waals surface area contributed by atoms with Crippen LogP contribution in [0.15, 0.2) is 18.2 Å². The standard InChI is InChI=1S/C13H20N2O3/c1-2-18-12-5-3-4-11(13(12)16)10-14-15-6-8-17-9-7-15/h3-5,14,16H,2,6-10H2,1H3. The van der Waals surface area contributed by atoms with Gasteiger partial charge in [0.2, 0.25) is 0 Å².